The van der Waals surface area contributed by atoms with E-state index in [9.17, 15) is 4.39 Å². The molecule has 1 heterocycles. The van der Waals surface area contributed by atoms with Gasteiger partial charge >= 0.3 is 0 Å². The van der Waals surface area contributed by atoms with Gasteiger partial charge in [0.25, 0.3) is 0 Å². The van der Waals surface area contributed by atoms with Gasteiger partial charge in [-0.2, -0.15) is 0 Å². The first-order chi connectivity index (χ1) is 8.10. The van der Waals surface area contributed by atoms with Crippen LogP contribution in [-0.2, 0) is 6.42 Å². The molecule has 1 aliphatic rings. The molecule has 1 saturated heterocycles. The zero-order chi connectivity index (χ0) is 12.4. The Labute approximate surface area is 103 Å². The summed E-state index contributed by atoms with van der Waals surface area (Å²) in [7, 11) is 0. The highest BCUT2D eigenvalue weighted by atomic mass is 19.1. The van der Waals surface area contributed by atoms with Crippen molar-refractivity contribution in [2.24, 2.45) is 0 Å². The molecule has 2 nitrogen and oxygen atoms in total. The smallest absolute Gasteiger partial charge is 0.146 e. The molecule has 0 spiro atoms. The zero-order valence-corrected chi connectivity index (χ0v) is 10.8. The van der Waals surface area contributed by atoms with Gasteiger partial charge in [0.15, 0.2) is 0 Å². The van der Waals surface area contributed by atoms with Crippen molar-refractivity contribution in [2.75, 3.05) is 18.0 Å². The first kappa shape index (κ1) is 12.4. The number of halogens is 1. The maximum absolute atomic E-state index is 13.9. The second-order valence-electron chi connectivity index (χ2n) is 5.01. The van der Waals surface area contributed by atoms with Gasteiger partial charge in [-0.1, -0.05) is 13.0 Å². The molecule has 2 atom stereocenters. The molecule has 1 N–H and O–H groups in total. The third-order valence-corrected chi connectivity index (χ3v) is 3.32. The van der Waals surface area contributed by atoms with Gasteiger partial charge in [0.1, 0.15) is 5.82 Å². The lowest BCUT2D eigenvalue weighted by molar-refractivity contribution is 0.404. The molecule has 0 aromatic heterocycles. The van der Waals surface area contributed by atoms with E-state index in [-0.39, 0.29) is 5.82 Å². The Hall–Kier alpha value is -1.09. The highest BCUT2D eigenvalue weighted by Gasteiger charge is 2.23. The highest BCUT2D eigenvalue weighted by molar-refractivity contribution is 5.51. The van der Waals surface area contributed by atoms with E-state index >= 15 is 0 Å². The van der Waals surface area contributed by atoms with E-state index in [0.29, 0.717) is 12.1 Å². The molecule has 17 heavy (non-hydrogen) atoms. The van der Waals surface area contributed by atoms with E-state index in [1.165, 1.54) is 5.56 Å². The minimum absolute atomic E-state index is 0.108. The largest absolute Gasteiger partial charge is 0.366 e. The Morgan fingerprint density at radius 2 is 1.94 bits per heavy atom. The van der Waals surface area contributed by atoms with Crippen LogP contribution in [0.4, 0.5) is 10.1 Å². The topological polar surface area (TPSA) is 15.3 Å². The van der Waals surface area contributed by atoms with Crippen molar-refractivity contribution < 1.29 is 4.39 Å². The van der Waals surface area contributed by atoms with Crippen molar-refractivity contribution in [3.63, 3.8) is 0 Å². The van der Waals surface area contributed by atoms with Gasteiger partial charge in [-0.15, -0.1) is 0 Å². The minimum atomic E-state index is -0.108. The quantitative estimate of drug-likeness (QED) is 0.849. The third kappa shape index (κ3) is 2.78. The number of anilines is 1. The van der Waals surface area contributed by atoms with E-state index in [1.807, 2.05) is 12.1 Å². The number of hydrogen-bond donors (Lipinski definition) is 1. The van der Waals surface area contributed by atoms with Gasteiger partial charge in [-0.3, -0.25) is 0 Å². The lowest BCUT2D eigenvalue weighted by Crippen LogP contribution is -2.54. The molecule has 0 radical (unpaired) electrons. The van der Waals surface area contributed by atoms with Crippen LogP contribution in [-0.4, -0.2) is 25.2 Å². The average molecular weight is 236 g/mol. The van der Waals surface area contributed by atoms with Crippen LogP contribution in [0, 0.1) is 5.82 Å². The molecule has 2 unspecified atom stereocenters. The van der Waals surface area contributed by atoms with E-state index in [2.05, 4.69) is 31.0 Å². The summed E-state index contributed by atoms with van der Waals surface area (Å²) in [6.07, 6.45) is 0.949. The average Bonchev–Trinajstić information content (AvgIpc) is 2.28. The molecular weight excluding hydrogens is 215 g/mol. The molecule has 94 valence electrons. The van der Waals surface area contributed by atoms with Crippen LogP contribution in [0.2, 0.25) is 0 Å². The number of piperazine rings is 1. The van der Waals surface area contributed by atoms with Crippen LogP contribution in [0.1, 0.15) is 26.3 Å². The fourth-order valence-corrected chi connectivity index (χ4v) is 2.54. The highest BCUT2D eigenvalue weighted by Crippen LogP contribution is 2.23. The predicted molar refractivity (Wildman–Crippen MR) is 70.1 cm³/mol. The number of aryl methyl sites for hydroxylation is 1. The standard InChI is InChI=1S/C14H21FN2/c1-4-12-5-6-13(15)14(7-12)17-8-10(2)16-11(3)9-17/h5-7,10-11,16H,4,8-9H2,1-3H3. The monoisotopic (exact) mass is 236 g/mol. The molecule has 1 fully saturated rings. The molecule has 1 aromatic rings. The Balaban J connectivity index is 2.26. The molecular formula is C14H21FN2. The minimum Gasteiger partial charge on any atom is -0.366 e. The van der Waals surface area contributed by atoms with Crippen molar-refractivity contribution in [1.29, 1.82) is 0 Å². The molecule has 2 rings (SSSR count). The van der Waals surface area contributed by atoms with Crippen molar-refractivity contribution in [1.82, 2.24) is 5.32 Å². The number of hydrogen-bond acceptors (Lipinski definition) is 2. The summed E-state index contributed by atoms with van der Waals surface area (Å²) in [6, 6.07) is 6.26. The molecule has 1 aliphatic heterocycles. The summed E-state index contributed by atoms with van der Waals surface area (Å²) >= 11 is 0. The Kier molecular flexibility index (Phi) is 3.67. The molecule has 0 amide bonds. The summed E-state index contributed by atoms with van der Waals surface area (Å²) in [6.45, 7) is 8.12. The van der Waals surface area contributed by atoms with Gasteiger partial charge in [0.2, 0.25) is 0 Å². The maximum atomic E-state index is 13.9. The van der Waals surface area contributed by atoms with Crippen molar-refractivity contribution in [3.05, 3.63) is 29.6 Å². The summed E-state index contributed by atoms with van der Waals surface area (Å²) in [5.41, 5.74) is 1.95. The van der Waals surface area contributed by atoms with Crippen LogP contribution in [0.5, 0.6) is 0 Å². The van der Waals surface area contributed by atoms with E-state index in [4.69, 9.17) is 0 Å². The van der Waals surface area contributed by atoms with Crippen LogP contribution >= 0.6 is 0 Å². The molecule has 1 aromatic carbocycles. The zero-order valence-electron chi connectivity index (χ0n) is 10.8. The Morgan fingerprint density at radius 1 is 1.29 bits per heavy atom. The van der Waals surface area contributed by atoms with E-state index < -0.39 is 0 Å². The van der Waals surface area contributed by atoms with Gasteiger partial charge in [0.05, 0.1) is 5.69 Å². The van der Waals surface area contributed by atoms with Crippen LogP contribution in [0.25, 0.3) is 0 Å². The third-order valence-electron chi connectivity index (χ3n) is 3.32. The second kappa shape index (κ2) is 5.05. The lowest BCUT2D eigenvalue weighted by atomic mass is 10.1. The fraction of sp³-hybridized carbons (Fsp3) is 0.571. The molecule has 0 bridgehead atoms. The SMILES string of the molecule is CCc1ccc(F)c(N2CC(C)NC(C)C2)c1. The Bertz CT molecular complexity index is 382. The fourth-order valence-electron chi connectivity index (χ4n) is 2.54. The molecule has 0 saturated carbocycles. The lowest BCUT2D eigenvalue weighted by Gasteiger charge is -2.38. The van der Waals surface area contributed by atoms with Crippen molar-refractivity contribution in [3.8, 4) is 0 Å². The first-order valence-electron chi connectivity index (χ1n) is 6.39. The number of rotatable bonds is 2. The predicted octanol–water partition coefficient (Wildman–Crippen LogP) is 2.57. The van der Waals surface area contributed by atoms with Crippen molar-refractivity contribution in [2.45, 2.75) is 39.3 Å². The molecule has 3 heteroatoms. The molecule has 0 aliphatic carbocycles. The Morgan fingerprint density at radius 3 is 2.53 bits per heavy atom. The number of nitrogens with zero attached hydrogens (tertiary/aromatic N) is 1. The first-order valence-corrected chi connectivity index (χ1v) is 6.39. The number of nitrogens with one attached hydrogen (secondary N) is 1. The van der Waals surface area contributed by atoms with Gasteiger partial charge in [0, 0.05) is 25.2 Å². The number of benzene rings is 1. The van der Waals surface area contributed by atoms with Crippen LogP contribution in [0.3, 0.4) is 0 Å². The van der Waals surface area contributed by atoms with Crippen LogP contribution < -0.4 is 10.2 Å². The second-order valence-corrected chi connectivity index (χ2v) is 5.01. The van der Waals surface area contributed by atoms with Gasteiger partial charge < -0.3 is 10.2 Å². The summed E-state index contributed by atoms with van der Waals surface area (Å²) in [5.74, 6) is -0.108. The maximum Gasteiger partial charge on any atom is 0.146 e. The summed E-state index contributed by atoms with van der Waals surface area (Å²) in [5, 5.41) is 3.46. The van der Waals surface area contributed by atoms with Crippen molar-refractivity contribution >= 4 is 5.69 Å². The normalized spacial score (nSPS) is 25.1. The van der Waals surface area contributed by atoms with E-state index in [0.717, 1.165) is 25.2 Å². The van der Waals surface area contributed by atoms with E-state index in [1.54, 1.807) is 6.07 Å². The van der Waals surface area contributed by atoms with Gasteiger partial charge in [-0.05, 0) is 38.0 Å². The summed E-state index contributed by atoms with van der Waals surface area (Å²) in [4.78, 5) is 2.15. The summed E-state index contributed by atoms with van der Waals surface area (Å²) < 4.78 is 13.9. The van der Waals surface area contributed by atoms with Crippen LogP contribution in [0.15, 0.2) is 18.2 Å². The van der Waals surface area contributed by atoms with Gasteiger partial charge in [-0.25, -0.2) is 4.39 Å².